The summed E-state index contributed by atoms with van der Waals surface area (Å²) in [7, 11) is 0. The van der Waals surface area contributed by atoms with Gasteiger partial charge in [0.25, 0.3) is 0 Å². The van der Waals surface area contributed by atoms with Crippen LogP contribution in [-0.2, 0) is 19.1 Å². The minimum absolute atomic E-state index is 0.186. The van der Waals surface area contributed by atoms with Crippen molar-refractivity contribution >= 4 is 17.8 Å². The summed E-state index contributed by atoms with van der Waals surface area (Å²) in [5, 5.41) is 24.4. The van der Waals surface area contributed by atoms with Gasteiger partial charge in [-0.3, -0.25) is 14.6 Å². The second-order valence-corrected chi connectivity index (χ2v) is 10.7. The van der Waals surface area contributed by atoms with E-state index in [0.717, 1.165) is 0 Å². The van der Waals surface area contributed by atoms with Crippen LogP contribution in [-0.4, -0.2) is 69.6 Å². The monoisotopic (exact) mass is 506 g/mol. The molecule has 3 rings (SSSR count). The van der Waals surface area contributed by atoms with Gasteiger partial charge in [-0.15, -0.1) is 0 Å². The number of epoxide rings is 1. The van der Waals surface area contributed by atoms with Gasteiger partial charge in [0.15, 0.2) is 0 Å². The van der Waals surface area contributed by atoms with Crippen molar-refractivity contribution in [2.24, 2.45) is 11.3 Å². The standard InChI is InChI=1S/C27H39FN2O6/c1-6-18-24(33)16(2)35-12-10-27(5)22(36-27)14-20(19(28)13-17-9-7-8-11-29-17)30-23(32)15-21(31)26(3,4)25(18)34/h7-9,11,13,16,18,20-22,24,31,33H,6,10,12,14-15H2,1-5H3,(H,30,32)/t16-,18-,20+,21+,22+,24-,27-/m1/s1. The number of carbonyl (C=O) groups excluding carboxylic acids is 2. The van der Waals surface area contributed by atoms with Gasteiger partial charge in [0, 0.05) is 31.6 Å². The van der Waals surface area contributed by atoms with Crippen LogP contribution in [0, 0.1) is 11.3 Å². The van der Waals surface area contributed by atoms with Crippen LogP contribution in [0.3, 0.4) is 0 Å². The number of halogens is 1. The van der Waals surface area contributed by atoms with Gasteiger partial charge in [-0.25, -0.2) is 4.39 Å². The highest BCUT2D eigenvalue weighted by molar-refractivity contribution is 5.88. The second-order valence-electron chi connectivity index (χ2n) is 10.7. The average molecular weight is 507 g/mol. The number of fused-ring (bicyclic) bond motifs is 1. The lowest BCUT2D eigenvalue weighted by Gasteiger charge is -2.35. The number of hydrogen-bond donors (Lipinski definition) is 3. The molecule has 0 unspecified atom stereocenters. The van der Waals surface area contributed by atoms with E-state index in [9.17, 15) is 19.8 Å². The third-order valence-electron chi connectivity index (χ3n) is 7.62. The molecule has 36 heavy (non-hydrogen) atoms. The van der Waals surface area contributed by atoms with Crippen molar-refractivity contribution in [2.75, 3.05) is 6.61 Å². The molecule has 0 spiro atoms. The Morgan fingerprint density at radius 3 is 2.64 bits per heavy atom. The van der Waals surface area contributed by atoms with Crippen molar-refractivity contribution in [3.63, 3.8) is 0 Å². The van der Waals surface area contributed by atoms with Crippen LogP contribution >= 0.6 is 0 Å². The molecule has 0 radical (unpaired) electrons. The predicted octanol–water partition coefficient (Wildman–Crippen LogP) is 2.97. The van der Waals surface area contributed by atoms with Crippen LogP contribution in [0.5, 0.6) is 0 Å². The van der Waals surface area contributed by atoms with Crippen LogP contribution in [0.25, 0.3) is 6.08 Å². The number of Topliss-reactive ketones (excluding diaryl/α,β-unsaturated/α-hetero) is 1. The van der Waals surface area contributed by atoms with Crippen molar-refractivity contribution in [1.82, 2.24) is 10.3 Å². The number of aliphatic hydroxyl groups excluding tert-OH is 2. The summed E-state index contributed by atoms with van der Waals surface area (Å²) in [6.07, 6.45) is 0.152. The molecule has 2 saturated heterocycles. The van der Waals surface area contributed by atoms with Crippen LogP contribution in [0.15, 0.2) is 30.2 Å². The van der Waals surface area contributed by atoms with E-state index in [-0.39, 0.29) is 24.9 Å². The van der Waals surface area contributed by atoms with Crippen LogP contribution < -0.4 is 5.32 Å². The van der Waals surface area contributed by atoms with Crippen molar-refractivity contribution in [3.05, 3.63) is 35.9 Å². The van der Waals surface area contributed by atoms with Crippen molar-refractivity contribution in [3.8, 4) is 0 Å². The van der Waals surface area contributed by atoms with E-state index in [4.69, 9.17) is 9.47 Å². The molecule has 3 heterocycles. The SMILES string of the molecule is CC[C@H]1C(=O)C(C)(C)[C@@H](O)CC(=O)N[C@H](C(F)=Cc2ccccn2)C[C@@H]2O[C@]2(C)CCO[C@H](C)[C@H]1O. The van der Waals surface area contributed by atoms with Gasteiger partial charge in [-0.2, -0.15) is 0 Å². The topological polar surface area (TPSA) is 121 Å². The Bertz CT molecular complexity index is 955. The smallest absolute Gasteiger partial charge is 0.223 e. The Labute approximate surface area is 212 Å². The first kappa shape index (κ1) is 28.4. The molecule has 9 heteroatoms. The fraction of sp³-hybridized carbons (Fsp3) is 0.667. The number of aromatic nitrogens is 1. The van der Waals surface area contributed by atoms with E-state index in [1.807, 2.05) is 6.92 Å². The molecule has 2 aliphatic rings. The Morgan fingerprint density at radius 2 is 2.00 bits per heavy atom. The number of ketones is 1. The molecule has 8 nitrogen and oxygen atoms in total. The van der Waals surface area contributed by atoms with Gasteiger partial charge in [-0.1, -0.05) is 26.8 Å². The minimum atomic E-state index is -1.33. The number of amides is 1. The third kappa shape index (κ3) is 6.56. The number of pyridine rings is 1. The zero-order chi connectivity index (χ0) is 26.7. The summed E-state index contributed by atoms with van der Waals surface area (Å²) in [4.78, 5) is 30.4. The fourth-order valence-electron chi connectivity index (χ4n) is 4.75. The van der Waals surface area contributed by atoms with Crippen LogP contribution in [0.1, 0.15) is 66.0 Å². The molecule has 0 saturated carbocycles. The van der Waals surface area contributed by atoms with Crippen molar-refractivity contribution < 1.29 is 33.7 Å². The highest BCUT2D eigenvalue weighted by Gasteiger charge is 2.53. The van der Waals surface area contributed by atoms with E-state index in [0.29, 0.717) is 18.5 Å². The van der Waals surface area contributed by atoms with Crippen molar-refractivity contribution in [2.45, 2.75) is 96.4 Å². The normalized spacial score (nSPS) is 36.6. The summed E-state index contributed by atoms with van der Waals surface area (Å²) in [6.45, 7) is 8.79. The van der Waals surface area contributed by atoms with E-state index in [2.05, 4.69) is 10.3 Å². The van der Waals surface area contributed by atoms with Gasteiger partial charge < -0.3 is 25.0 Å². The molecule has 0 bridgehead atoms. The number of rotatable bonds is 3. The lowest BCUT2D eigenvalue weighted by Crippen LogP contribution is -2.49. The van der Waals surface area contributed by atoms with Crippen LogP contribution in [0.4, 0.5) is 4.39 Å². The molecule has 0 aromatic carbocycles. The molecule has 1 aromatic heterocycles. The highest BCUT2D eigenvalue weighted by atomic mass is 19.1. The molecule has 3 N–H and O–H groups in total. The zero-order valence-corrected chi connectivity index (χ0v) is 21.7. The summed E-state index contributed by atoms with van der Waals surface area (Å²) < 4.78 is 27.1. The number of nitrogens with one attached hydrogen (secondary N) is 1. The molecule has 2 aliphatic heterocycles. The molecule has 7 atom stereocenters. The Morgan fingerprint density at radius 1 is 1.28 bits per heavy atom. The maximum Gasteiger partial charge on any atom is 0.223 e. The Balaban J connectivity index is 1.87. The van der Waals surface area contributed by atoms with E-state index in [1.165, 1.54) is 6.08 Å². The Hall–Kier alpha value is -2.20. The molecule has 200 valence electrons. The number of carbonyl (C=O) groups is 2. The van der Waals surface area contributed by atoms with E-state index >= 15 is 4.39 Å². The maximum absolute atomic E-state index is 15.3. The summed E-state index contributed by atoms with van der Waals surface area (Å²) in [6, 6.07) is 4.13. The van der Waals surface area contributed by atoms with Gasteiger partial charge in [-0.05, 0) is 38.5 Å². The molecule has 1 aromatic rings. The number of aliphatic hydroxyl groups is 2. The quantitative estimate of drug-likeness (QED) is 0.539. The lowest BCUT2D eigenvalue weighted by molar-refractivity contribution is -0.147. The van der Waals surface area contributed by atoms with Gasteiger partial charge in [0.1, 0.15) is 11.6 Å². The number of ether oxygens (including phenoxy) is 2. The number of nitrogens with zero attached hydrogens (tertiary/aromatic N) is 1. The van der Waals surface area contributed by atoms with Gasteiger partial charge in [0.05, 0.1) is 53.6 Å². The lowest BCUT2D eigenvalue weighted by atomic mass is 9.72. The third-order valence-corrected chi connectivity index (χ3v) is 7.62. The second kappa shape index (κ2) is 11.5. The number of hydrogen-bond acceptors (Lipinski definition) is 7. The average Bonchev–Trinajstić information content (AvgIpc) is 3.47. The fourth-order valence-corrected chi connectivity index (χ4v) is 4.75. The molecule has 2 fully saturated rings. The zero-order valence-electron chi connectivity index (χ0n) is 21.7. The maximum atomic E-state index is 15.3. The molecular formula is C27H39FN2O6. The molecule has 0 aliphatic carbocycles. The summed E-state index contributed by atoms with van der Waals surface area (Å²) >= 11 is 0. The first-order valence-electron chi connectivity index (χ1n) is 12.7. The first-order chi connectivity index (χ1) is 16.9. The largest absolute Gasteiger partial charge is 0.392 e. The molecule has 1 amide bonds. The summed E-state index contributed by atoms with van der Waals surface area (Å²) in [5.41, 5.74) is -1.46. The first-order valence-corrected chi connectivity index (χ1v) is 12.7. The summed E-state index contributed by atoms with van der Waals surface area (Å²) in [5.74, 6) is -2.29. The Kier molecular flexibility index (Phi) is 9.03. The predicted molar refractivity (Wildman–Crippen MR) is 132 cm³/mol. The van der Waals surface area contributed by atoms with Gasteiger partial charge in [0.2, 0.25) is 5.91 Å². The van der Waals surface area contributed by atoms with E-state index in [1.54, 1.807) is 52.1 Å². The van der Waals surface area contributed by atoms with E-state index < -0.39 is 59.4 Å². The highest BCUT2D eigenvalue weighted by Crippen LogP contribution is 2.43. The van der Waals surface area contributed by atoms with Crippen LogP contribution in [0.2, 0.25) is 0 Å². The molecular weight excluding hydrogens is 467 g/mol. The van der Waals surface area contributed by atoms with Gasteiger partial charge >= 0.3 is 0 Å². The van der Waals surface area contributed by atoms with Crippen molar-refractivity contribution in [1.29, 1.82) is 0 Å². The minimum Gasteiger partial charge on any atom is -0.392 e.